The summed E-state index contributed by atoms with van der Waals surface area (Å²) < 4.78 is 25.2. The number of amides is 1. The van der Waals surface area contributed by atoms with Crippen LogP contribution in [0.25, 0.3) is 0 Å². The summed E-state index contributed by atoms with van der Waals surface area (Å²) in [5, 5.41) is 0. The summed E-state index contributed by atoms with van der Waals surface area (Å²) in [6.07, 6.45) is 1.62. The first-order valence-electron chi connectivity index (χ1n) is 6.63. The van der Waals surface area contributed by atoms with Crippen molar-refractivity contribution in [2.75, 3.05) is 39.5 Å². The van der Waals surface area contributed by atoms with Crippen molar-refractivity contribution in [2.45, 2.75) is 26.3 Å². The number of sulfonamides is 1. The van der Waals surface area contributed by atoms with Crippen LogP contribution in [0, 0.1) is 5.92 Å². The minimum Gasteiger partial charge on any atom is -0.339 e. The number of nitrogens with zero attached hydrogens (tertiary/aromatic N) is 2. The Morgan fingerprint density at radius 2 is 1.74 bits per heavy atom. The molecular weight excluding hydrogens is 266 g/mol. The third-order valence-corrected chi connectivity index (χ3v) is 3.89. The molecule has 1 N–H and O–H groups in total. The summed E-state index contributed by atoms with van der Waals surface area (Å²) in [6.45, 7) is 6.95. The van der Waals surface area contributed by atoms with Gasteiger partial charge in [0.25, 0.3) is 0 Å². The van der Waals surface area contributed by atoms with Crippen molar-refractivity contribution in [3.8, 4) is 0 Å². The van der Waals surface area contributed by atoms with E-state index in [1.54, 1.807) is 4.90 Å². The molecule has 7 heteroatoms. The fourth-order valence-electron chi connectivity index (χ4n) is 2.18. The second kappa shape index (κ2) is 6.67. The third-order valence-electron chi connectivity index (χ3n) is 3.18. The smallest absolute Gasteiger partial charge is 0.240 e. The molecule has 1 amide bonds. The lowest BCUT2D eigenvalue weighted by Crippen LogP contribution is -2.54. The van der Waals surface area contributed by atoms with E-state index in [0.717, 1.165) is 19.3 Å². The summed E-state index contributed by atoms with van der Waals surface area (Å²) in [5.41, 5.74) is 0. The van der Waals surface area contributed by atoms with E-state index < -0.39 is 16.1 Å². The molecule has 0 radical (unpaired) electrons. The quantitative estimate of drug-likeness (QED) is 0.757. The number of likely N-dealkylation sites (N-methyl/N-ethyl adjacent to an activating group) is 1. The van der Waals surface area contributed by atoms with E-state index in [1.165, 1.54) is 0 Å². The molecule has 1 unspecified atom stereocenters. The Balaban J connectivity index is 2.70. The maximum atomic E-state index is 12.4. The predicted molar refractivity (Wildman–Crippen MR) is 75.3 cm³/mol. The second-order valence-corrected chi connectivity index (χ2v) is 7.48. The predicted octanol–water partition coefficient (Wildman–Crippen LogP) is -0.276. The zero-order valence-corrected chi connectivity index (χ0v) is 13.0. The first kappa shape index (κ1) is 16.4. The fraction of sp³-hybridized carbons (Fsp3) is 0.917. The molecule has 1 fully saturated rings. The van der Waals surface area contributed by atoms with Gasteiger partial charge in [-0.2, -0.15) is 0 Å². The molecule has 0 aliphatic carbocycles. The standard InChI is InChI=1S/C12H25N3O3S/c1-10(2)9-11(13-19(4,17)18)12(16)15-7-5-14(3)6-8-15/h10-11,13H,5-9H2,1-4H3. The van der Waals surface area contributed by atoms with Gasteiger partial charge >= 0.3 is 0 Å². The van der Waals surface area contributed by atoms with Crippen LogP contribution in [-0.4, -0.2) is 69.6 Å². The monoisotopic (exact) mass is 291 g/mol. The molecule has 1 heterocycles. The van der Waals surface area contributed by atoms with Crippen LogP contribution in [-0.2, 0) is 14.8 Å². The van der Waals surface area contributed by atoms with Crippen LogP contribution in [0.2, 0.25) is 0 Å². The third kappa shape index (κ3) is 5.88. The van der Waals surface area contributed by atoms with E-state index in [1.807, 2.05) is 20.9 Å². The van der Waals surface area contributed by atoms with Crippen molar-refractivity contribution in [1.29, 1.82) is 0 Å². The van der Waals surface area contributed by atoms with Gasteiger partial charge in [0.1, 0.15) is 6.04 Å². The zero-order valence-electron chi connectivity index (χ0n) is 12.2. The van der Waals surface area contributed by atoms with Crippen LogP contribution in [0.15, 0.2) is 0 Å². The van der Waals surface area contributed by atoms with Crippen molar-refractivity contribution in [1.82, 2.24) is 14.5 Å². The molecule has 112 valence electrons. The summed E-state index contributed by atoms with van der Waals surface area (Å²) in [6, 6.07) is -0.640. The van der Waals surface area contributed by atoms with Crippen molar-refractivity contribution in [3.63, 3.8) is 0 Å². The number of hydrogen-bond acceptors (Lipinski definition) is 4. The molecule has 1 atom stereocenters. The van der Waals surface area contributed by atoms with Crippen LogP contribution in [0.4, 0.5) is 0 Å². The first-order valence-corrected chi connectivity index (χ1v) is 8.53. The molecule has 0 aromatic carbocycles. The van der Waals surface area contributed by atoms with Gasteiger partial charge in [-0.25, -0.2) is 13.1 Å². The molecule has 0 aromatic heterocycles. The summed E-state index contributed by atoms with van der Waals surface area (Å²) >= 11 is 0. The number of rotatable bonds is 5. The molecule has 1 saturated heterocycles. The van der Waals surface area contributed by atoms with Gasteiger partial charge in [-0.3, -0.25) is 4.79 Å². The second-order valence-electron chi connectivity index (χ2n) is 5.70. The van der Waals surface area contributed by atoms with E-state index >= 15 is 0 Å². The Morgan fingerprint density at radius 3 is 2.16 bits per heavy atom. The van der Waals surface area contributed by atoms with Crippen LogP contribution < -0.4 is 4.72 Å². The normalized spacial score (nSPS) is 19.7. The highest BCUT2D eigenvalue weighted by atomic mass is 32.2. The Hall–Kier alpha value is -0.660. The highest BCUT2D eigenvalue weighted by Gasteiger charge is 2.29. The van der Waals surface area contributed by atoms with Crippen LogP contribution in [0.3, 0.4) is 0 Å². The van der Waals surface area contributed by atoms with Crippen molar-refractivity contribution >= 4 is 15.9 Å². The number of piperazine rings is 1. The topological polar surface area (TPSA) is 69.7 Å². The molecule has 0 bridgehead atoms. The number of carbonyl (C=O) groups excluding carboxylic acids is 1. The summed E-state index contributed by atoms with van der Waals surface area (Å²) in [4.78, 5) is 16.3. The lowest BCUT2D eigenvalue weighted by atomic mass is 10.0. The number of hydrogen-bond donors (Lipinski definition) is 1. The fourth-order valence-corrected chi connectivity index (χ4v) is 2.89. The Bertz CT molecular complexity index is 400. The van der Waals surface area contributed by atoms with Crippen LogP contribution in [0.1, 0.15) is 20.3 Å². The van der Waals surface area contributed by atoms with Gasteiger partial charge in [-0.15, -0.1) is 0 Å². The minimum absolute atomic E-state index is 0.104. The largest absolute Gasteiger partial charge is 0.339 e. The molecule has 0 aromatic rings. The molecule has 1 aliphatic rings. The minimum atomic E-state index is -3.37. The molecular formula is C12H25N3O3S. The average molecular weight is 291 g/mol. The average Bonchev–Trinajstić information content (AvgIpc) is 2.25. The Morgan fingerprint density at radius 1 is 1.21 bits per heavy atom. The molecule has 0 spiro atoms. The van der Waals surface area contributed by atoms with Crippen LogP contribution in [0.5, 0.6) is 0 Å². The Kier molecular flexibility index (Phi) is 5.76. The first-order chi connectivity index (χ1) is 8.69. The van der Waals surface area contributed by atoms with E-state index in [0.29, 0.717) is 19.5 Å². The molecule has 0 saturated carbocycles. The lowest BCUT2D eigenvalue weighted by molar-refractivity contribution is -0.135. The maximum Gasteiger partial charge on any atom is 0.240 e. The van der Waals surface area contributed by atoms with Crippen molar-refractivity contribution in [2.24, 2.45) is 5.92 Å². The van der Waals surface area contributed by atoms with E-state index in [4.69, 9.17) is 0 Å². The van der Waals surface area contributed by atoms with Gasteiger partial charge < -0.3 is 9.80 Å². The molecule has 1 rings (SSSR count). The number of carbonyl (C=O) groups is 1. The van der Waals surface area contributed by atoms with Gasteiger partial charge in [0.05, 0.1) is 6.26 Å². The van der Waals surface area contributed by atoms with Crippen molar-refractivity contribution in [3.05, 3.63) is 0 Å². The molecule has 6 nitrogen and oxygen atoms in total. The van der Waals surface area contributed by atoms with Gasteiger partial charge in [0.15, 0.2) is 0 Å². The van der Waals surface area contributed by atoms with Crippen molar-refractivity contribution < 1.29 is 13.2 Å². The van der Waals surface area contributed by atoms with E-state index in [-0.39, 0.29) is 11.8 Å². The SMILES string of the molecule is CC(C)CC(NS(C)(=O)=O)C(=O)N1CCN(C)CC1. The highest BCUT2D eigenvalue weighted by molar-refractivity contribution is 7.88. The van der Waals surface area contributed by atoms with Gasteiger partial charge in [0.2, 0.25) is 15.9 Å². The van der Waals surface area contributed by atoms with Gasteiger partial charge in [-0.1, -0.05) is 13.8 Å². The zero-order chi connectivity index (χ0) is 14.6. The maximum absolute atomic E-state index is 12.4. The number of nitrogens with one attached hydrogen (secondary N) is 1. The summed E-state index contributed by atoms with van der Waals surface area (Å²) in [7, 11) is -1.36. The molecule has 19 heavy (non-hydrogen) atoms. The van der Waals surface area contributed by atoms with Crippen LogP contribution >= 0.6 is 0 Å². The Labute approximate surface area is 116 Å². The van der Waals surface area contributed by atoms with E-state index in [2.05, 4.69) is 9.62 Å². The highest BCUT2D eigenvalue weighted by Crippen LogP contribution is 2.10. The van der Waals surface area contributed by atoms with E-state index in [9.17, 15) is 13.2 Å². The van der Waals surface area contributed by atoms with Gasteiger partial charge in [0, 0.05) is 26.2 Å². The lowest BCUT2D eigenvalue weighted by Gasteiger charge is -2.35. The summed E-state index contributed by atoms with van der Waals surface area (Å²) in [5.74, 6) is 0.155. The van der Waals surface area contributed by atoms with Gasteiger partial charge in [-0.05, 0) is 19.4 Å². The molecule has 1 aliphatic heterocycles.